The molecular weight excluding hydrogens is 446 g/mol. The van der Waals surface area contributed by atoms with Crippen molar-refractivity contribution in [3.8, 4) is 0 Å². The Morgan fingerprint density at radius 2 is 1.76 bits per heavy atom. The van der Waals surface area contributed by atoms with Crippen LogP contribution in [0.25, 0.3) is 0 Å². The van der Waals surface area contributed by atoms with Gasteiger partial charge in [-0.05, 0) is 67.9 Å². The van der Waals surface area contributed by atoms with Crippen LogP contribution in [0, 0.1) is 0 Å². The number of carbonyl (C=O) groups is 3. The van der Waals surface area contributed by atoms with Gasteiger partial charge in [0.15, 0.2) is 5.78 Å². The Bertz CT molecular complexity index is 969. The Morgan fingerprint density at radius 3 is 2.56 bits per heavy atom. The molecule has 6 nitrogen and oxygen atoms in total. The first kappa shape index (κ1) is 24.6. The van der Waals surface area contributed by atoms with Crippen molar-refractivity contribution in [2.45, 2.75) is 57.4 Å². The molecule has 1 unspecified atom stereocenters. The topological polar surface area (TPSA) is 69.7 Å². The highest BCUT2D eigenvalue weighted by Gasteiger charge is 2.27. The average molecular weight is 482 g/mol. The number of ketones is 1. The number of Topliss-reactive ketones (excluding diaryl/α,β-unsaturated/α-hetero) is 1. The Morgan fingerprint density at radius 1 is 0.941 bits per heavy atom. The van der Waals surface area contributed by atoms with Crippen molar-refractivity contribution in [1.82, 2.24) is 15.1 Å². The van der Waals surface area contributed by atoms with Crippen molar-refractivity contribution < 1.29 is 14.4 Å². The molecule has 2 aromatic rings. The van der Waals surface area contributed by atoms with Gasteiger partial charge in [-0.3, -0.25) is 14.4 Å². The molecule has 0 aliphatic carbocycles. The third kappa shape index (κ3) is 6.76. The van der Waals surface area contributed by atoms with Crippen LogP contribution in [0.3, 0.4) is 0 Å². The quantitative estimate of drug-likeness (QED) is 0.545. The molecule has 7 heteroatoms. The van der Waals surface area contributed by atoms with Gasteiger partial charge < -0.3 is 15.1 Å². The third-order valence-electron chi connectivity index (χ3n) is 6.86. The number of rotatable bonds is 9. The van der Waals surface area contributed by atoms with Crippen LogP contribution in [0.15, 0.2) is 41.8 Å². The van der Waals surface area contributed by atoms with Crippen LogP contribution in [0.2, 0.25) is 0 Å². The van der Waals surface area contributed by atoms with Gasteiger partial charge >= 0.3 is 0 Å². The van der Waals surface area contributed by atoms with Crippen LogP contribution in [-0.2, 0) is 16.0 Å². The van der Waals surface area contributed by atoms with Gasteiger partial charge in [0.05, 0.1) is 10.9 Å². The summed E-state index contributed by atoms with van der Waals surface area (Å²) in [7, 11) is 0. The number of fused-ring (bicyclic) bond motifs is 1. The van der Waals surface area contributed by atoms with Crippen molar-refractivity contribution in [2.24, 2.45) is 0 Å². The fourth-order valence-corrected chi connectivity index (χ4v) is 5.66. The standard InChI is InChI=1S/C27H35N3O3S/c31-24(25-10-7-19-34-25)12-13-27(33)30-18-14-21-8-2-3-9-22(21)23(20-30)28-26(32)11-6-17-29-15-4-1-5-16-29/h2-3,7-10,19,23H,1,4-6,11-18,20H2,(H,28,32). The Hall–Kier alpha value is -2.51. The number of nitrogens with one attached hydrogen (secondary N) is 1. The first-order chi connectivity index (χ1) is 16.6. The molecule has 34 heavy (non-hydrogen) atoms. The van der Waals surface area contributed by atoms with Crippen LogP contribution in [0.1, 0.15) is 71.8 Å². The summed E-state index contributed by atoms with van der Waals surface area (Å²) in [6.45, 7) is 4.30. The lowest BCUT2D eigenvalue weighted by Crippen LogP contribution is -2.40. The van der Waals surface area contributed by atoms with Gasteiger partial charge in [-0.15, -0.1) is 11.3 Å². The van der Waals surface area contributed by atoms with E-state index in [4.69, 9.17) is 0 Å². The summed E-state index contributed by atoms with van der Waals surface area (Å²) in [5, 5.41) is 5.08. The van der Waals surface area contributed by atoms with Gasteiger partial charge in [0.1, 0.15) is 0 Å². The van der Waals surface area contributed by atoms with E-state index in [2.05, 4.69) is 22.3 Å². The Labute approximate surface area is 206 Å². The molecule has 4 rings (SSSR count). The summed E-state index contributed by atoms with van der Waals surface area (Å²) in [4.78, 5) is 43.2. The van der Waals surface area contributed by atoms with Crippen LogP contribution in [-0.4, -0.2) is 60.1 Å². The normalized spacial score (nSPS) is 18.7. The second kappa shape index (κ2) is 12.3. The SMILES string of the molecule is O=C(CCCN1CCCCC1)NC1CN(C(=O)CCC(=O)c2cccs2)CCc2ccccc21. The van der Waals surface area contributed by atoms with E-state index in [1.165, 1.54) is 36.2 Å². The maximum Gasteiger partial charge on any atom is 0.223 e. The maximum absolute atomic E-state index is 13.0. The molecule has 0 radical (unpaired) electrons. The van der Waals surface area contributed by atoms with Crippen molar-refractivity contribution >= 4 is 28.9 Å². The number of hydrogen-bond acceptors (Lipinski definition) is 5. The number of amides is 2. The van der Waals surface area contributed by atoms with Crippen LogP contribution >= 0.6 is 11.3 Å². The fraction of sp³-hybridized carbons (Fsp3) is 0.519. The van der Waals surface area contributed by atoms with Crippen molar-refractivity contribution in [1.29, 1.82) is 0 Å². The third-order valence-corrected chi connectivity index (χ3v) is 7.77. The number of hydrogen-bond donors (Lipinski definition) is 1. The van der Waals surface area contributed by atoms with Crippen LogP contribution in [0.4, 0.5) is 0 Å². The monoisotopic (exact) mass is 481 g/mol. The molecular formula is C27H35N3O3S. The smallest absolute Gasteiger partial charge is 0.223 e. The van der Waals surface area contributed by atoms with Crippen molar-refractivity contribution in [3.63, 3.8) is 0 Å². The van der Waals surface area contributed by atoms with Crippen LogP contribution < -0.4 is 5.32 Å². The lowest BCUT2D eigenvalue weighted by Gasteiger charge is -2.27. The first-order valence-electron chi connectivity index (χ1n) is 12.5. The van der Waals surface area contributed by atoms with Gasteiger partial charge in [0, 0.05) is 32.4 Å². The molecule has 2 amide bonds. The van der Waals surface area contributed by atoms with Crippen molar-refractivity contribution in [2.75, 3.05) is 32.7 Å². The number of thiophene rings is 1. The van der Waals surface area contributed by atoms with Crippen LogP contribution in [0.5, 0.6) is 0 Å². The van der Waals surface area contributed by atoms with Gasteiger partial charge in [0.2, 0.25) is 11.8 Å². The molecule has 3 heterocycles. The summed E-state index contributed by atoms with van der Waals surface area (Å²) in [5.41, 5.74) is 2.27. The molecule has 182 valence electrons. The predicted molar refractivity (Wildman–Crippen MR) is 135 cm³/mol. The number of nitrogens with zero attached hydrogens (tertiary/aromatic N) is 2. The number of piperidine rings is 1. The van der Waals surface area contributed by atoms with E-state index in [1.54, 1.807) is 6.07 Å². The van der Waals surface area contributed by atoms with E-state index in [0.29, 0.717) is 24.4 Å². The van der Waals surface area contributed by atoms with E-state index in [1.807, 2.05) is 28.5 Å². The van der Waals surface area contributed by atoms with E-state index in [-0.39, 0.29) is 36.5 Å². The molecule has 2 aliphatic rings. The molecule has 1 fully saturated rings. The summed E-state index contributed by atoms with van der Waals surface area (Å²) in [5.74, 6) is 0.0288. The molecule has 0 saturated carbocycles. The summed E-state index contributed by atoms with van der Waals surface area (Å²) in [6, 6.07) is 11.6. The highest BCUT2D eigenvalue weighted by atomic mass is 32.1. The molecule has 1 atom stereocenters. The number of carbonyl (C=O) groups excluding carboxylic acids is 3. The summed E-state index contributed by atoms with van der Waals surface area (Å²) < 4.78 is 0. The zero-order valence-electron chi connectivity index (χ0n) is 19.8. The van der Waals surface area contributed by atoms with E-state index in [9.17, 15) is 14.4 Å². The highest BCUT2D eigenvalue weighted by Crippen LogP contribution is 2.25. The minimum atomic E-state index is -0.224. The molecule has 1 aromatic heterocycles. The fourth-order valence-electron chi connectivity index (χ4n) is 4.97. The first-order valence-corrected chi connectivity index (χ1v) is 13.4. The minimum absolute atomic E-state index is 0.0139. The Balaban J connectivity index is 1.33. The molecule has 1 N–H and O–H groups in total. The van der Waals surface area contributed by atoms with Gasteiger partial charge in [0.25, 0.3) is 0 Å². The van der Waals surface area contributed by atoms with E-state index in [0.717, 1.165) is 38.0 Å². The summed E-state index contributed by atoms with van der Waals surface area (Å²) in [6.07, 6.45) is 6.35. The number of likely N-dealkylation sites (tertiary alicyclic amines) is 1. The van der Waals surface area contributed by atoms with Gasteiger partial charge in [-0.25, -0.2) is 0 Å². The van der Waals surface area contributed by atoms with Gasteiger partial charge in [-0.2, -0.15) is 0 Å². The zero-order valence-corrected chi connectivity index (χ0v) is 20.7. The molecule has 0 spiro atoms. The second-order valence-corrected chi connectivity index (χ2v) is 10.3. The minimum Gasteiger partial charge on any atom is -0.347 e. The maximum atomic E-state index is 13.0. The molecule has 1 aromatic carbocycles. The predicted octanol–water partition coefficient (Wildman–Crippen LogP) is 4.22. The van der Waals surface area contributed by atoms with Gasteiger partial charge in [-0.1, -0.05) is 36.8 Å². The average Bonchev–Trinajstić information content (AvgIpc) is 3.34. The van der Waals surface area contributed by atoms with E-state index >= 15 is 0 Å². The highest BCUT2D eigenvalue weighted by molar-refractivity contribution is 7.12. The molecule has 2 aliphatic heterocycles. The van der Waals surface area contributed by atoms with Crippen molar-refractivity contribution in [3.05, 3.63) is 57.8 Å². The molecule has 0 bridgehead atoms. The lowest BCUT2D eigenvalue weighted by atomic mass is 9.99. The number of benzene rings is 1. The largest absolute Gasteiger partial charge is 0.347 e. The zero-order chi connectivity index (χ0) is 23.8. The molecule has 1 saturated heterocycles. The summed E-state index contributed by atoms with van der Waals surface area (Å²) >= 11 is 1.41. The Kier molecular flexibility index (Phi) is 8.88. The lowest BCUT2D eigenvalue weighted by molar-refractivity contribution is -0.132. The van der Waals surface area contributed by atoms with E-state index < -0.39 is 0 Å². The second-order valence-electron chi connectivity index (χ2n) is 9.31.